The fraction of sp³-hybridized carbons (Fsp3) is 0.263. The number of carbonyl (C=O) groups excluding carboxylic acids is 2. The van der Waals surface area contributed by atoms with Gasteiger partial charge in [-0.2, -0.15) is 0 Å². The first-order chi connectivity index (χ1) is 12.5. The number of hydrogen-bond donors (Lipinski definition) is 1. The minimum absolute atomic E-state index is 0.127. The number of hydrogen-bond acceptors (Lipinski definition) is 3. The maximum atomic E-state index is 12.6. The van der Waals surface area contributed by atoms with Crippen molar-refractivity contribution < 1.29 is 14.3 Å². The second kappa shape index (κ2) is 7.98. The molecule has 2 amide bonds. The first kappa shape index (κ1) is 18.5. The molecule has 1 heterocycles. The molecule has 1 aliphatic heterocycles. The van der Waals surface area contributed by atoms with Gasteiger partial charge in [0.05, 0.1) is 28.9 Å². The van der Waals surface area contributed by atoms with Crippen LogP contribution in [0.25, 0.3) is 0 Å². The maximum Gasteiger partial charge on any atom is 0.229 e. The first-order valence-electron chi connectivity index (χ1n) is 8.27. The molecule has 0 saturated carbocycles. The van der Waals surface area contributed by atoms with Crippen molar-refractivity contribution in [1.82, 2.24) is 0 Å². The standard InChI is InChI=1S/C19H18Cl2N2O3/c1-2-26-17-6-4-3-5-15(17)22-19(25)12-9-18(24)23(11-12)16-8-7-13(20)10-14(16)21/h3-8,10,12H,2,9,11H2,1H3,(H,22,25). The van der Waals surface area contributed by atoms with Gasteiger partial charge in [0.15, 0.2) is 0 Å². The van der Waals surface area contributed by atoms with Gasteiger partial charge in [-0.1, -0.05) is 35.3 Å². The Morgan fingerprint density at radius 3 is 2.77 bits per heavy atom. The monoisotopic (exact) mass is 392 g/mol. The van der Waals surface area contributed by atoms with Gasteiger partial charge in [-0.05, 0) is 37.3 Å². The van der Waals surface area contributed by atoms with Crippen LogP contribution in [0.1, 0.15) is 13.3 Å². The molecule has 1 atom stereocenters. The van der Waals surface area contributed by atoms with Crippen molar-refractivity contribution >= 4 is 46.4 Å². The number of rotatable bonds is 5. The van der Waals surface area contributed by atoms with Gasteiger partial charge >= 0.3 is 0 Å². The Balaban J connectivity index is 1.73. The number of ether oxygens (including phenoxy) is 1. The fourth-order valence-electron chi connectivity index (χ4n) is 2.90. The molecule has 0 spiro atoms. The molecule has 26 heavy (non-hydrogen) atoms. The average Bonchev–Trinajstić information content (AvgIpc) is 2.99. The summed E-state index contributed by atoms with van der Waals surface area (Å²) in [5.41, 5.74) is 1.15. The predicted octanol–water partition coefficient (Wildman–Crippen LogP) is 4.38. The summed E-state index contributed by atoms with van der Waals surface area (Å²) >= 11 is 12.1. The van der Waals surface area contributed by atoms with Crippen LogP contribution in [0.4, 0.5) is 11.4 Å². The molecule has 2 aromatic rings. The molecule has 0 aliphatic carbocycles. The van der Waals surface area contributed by atoms with Crippen molar-refractivity contribution in [3.8, 4) is 5.75 Å². The van der Waals surface area contributed by atoms with E-state index < -0.39 is 5.92 Å². The fourth-order valence-corrected chi connectivity index (χ4v) is 3.41. The summed E-state index contributed by atoms with van der Waals surface area (Å²) in [5, 5.41) is 3.73. The first-order valence-corrected chi connectivity index (χ1v) is 9.03. The predicted molar refractivity (Wildman–Crippen MR) is 103 cm³/mol. The second-order valence-corrected chi connectivity index (χ2v) is 6.76. The lowest BCUT2D eigenvalue weighted by Gasteiger charge is -2.18. The maximum absolute atomic E-state index is 12.6. The van der Waals surface area contributed by atoms with Crippen LogP contribution in [0.15, 0.2) is 42.5 Å². The number of para-hydroxylation sites is 2. The molecule has 1 saturated heterocycles. The zero-order valence-corrected chi connectivity index (χ0v) is 15.7. The highest BCUT2D eigenvalue weighted by atomic mass is 35.5. The van der Waals surface area contributed by atoms with Crippen LogP contribution >= 0.6 is 23.2 Å². The molecular formula is C19H18Cl2N2O3. The Kier molecular flexibility index (Phi) is 5.69. The van der Waals surface area contributed by atoms with E-state index in [1.54, 1.807) is 30.3 Å². The summed E-state index contributed by atoms with van der Waals surface area (Å²) in [5.74, 6) is -0.236. The molecule has 7 heteroatoms. The van der Waals surface area contributed by atoms with Crippen molar-refractivity contribution in [3.05, 3.63) is 52.5 Å². The lowest BCUT2D eigenvalue weighted by molar-refractivity contribution is -0.122. The molecular weight excluding hydrogens is 375 g/mol. The van der Waals surface area contributed by atoms with Crippen LogP contribution < -0.4 is 15.0 Å². The van der Waals surface area contributed by atoms with Gasteiger partial charge in [0.25, 0.3) is 0 Å². The lowest BCUT2D eigenvalue weighted by Crippen LogP contribution is -2.28. The molecule has 0 radical (unpaired) electrons. The largest absolute Gasteiger partial charge is 0.492 e. The molecule has 1 N–H and O–H groups in total. The van der Waals surface area contributed by atoms with E-state index in [1.165, 1.54) is 4.90 Å². The average molecular weight is 393 g/mol. The summed E-state index contributed by atoms with van der Waals surface area (Å²) in [4.78, 5) is 26.5. The summed E-state index contributed by atoms with van der Waals surface area (Å²) in [6.45, 7) is 2.64. The number of nitrogens with zero attached hydrogens (tertiary/aromatic N) is 1. The Morgan fingerprint density at radius 2 is 2.04 bits per heavy atom. The summed E-state index contributed by atoms with van der Waals surface area (Å²) < 4.78 is 5.52. The SMILES string of the molecule is CCOc1ccccc1NC(=O)C1CC(=O)N(c2ccc(Cl)cc2Cl)C1. The normalized spacial score (nSPS) is 16.7. The molecule has 1 fully saturated rings. The third-order valence-corrected chi connectivity index (χ3v) is 4.68. The van der Waals surface area contributed by atoms with E-state index in [4.69, 9.17) is 27.9 Å². The Bertz CT molecular complexity index is 841. The van der Waals surface area contributed by atoms with Gasteiger partial charge in [0.1, 0.15) is 5.75 Å². The number of nitrogens with one attached hydrogen (secondary N) is 1. The molecule has 1 unspecified atom stereocenters. The molecule has 0 bridgehead atoms. The highest BCUT2D eigenvalue weighted by Crippen LogP contribution is 2.34. The van der Waals surface area contributed by atoms with Crippen molar-refractivity contribution in [3.63, 3.8) is 0 Å². The number of carbonyl (C=O) groups is 2. The van der Waals surface area contributed by atoms with Crippen LogP contribution in [0.5, 0.6) is 5.75 Å². The van der Waals surface area contributed by atoms with E-state index in [0.29, 0.717) is 33.8 Å². The number of amides is 2. The zero-order valence-electron chi connectivity index (χ0n) is 14.2. The van der Waals surface area contributed by atoms with Crippen LogP contribution in [0.2, 0.25) is 10.0 Å². The smallest absolute Gasteiger partial charge is 0.229 e. The van der Waals surface area contributed by atoms with E-state index in [1.807, 2.05) is 19.1 Å². The molecule has 0 aromatic heterocycles. The van der Waals surface area contributed by atoms with Crippen LogP contribution in [-0.4, -0.2) is 25.0 Å². The topological polar surface area (TPSA) is 58.6 Å². The zero-order chi connectivity index (χ0) is 18.7. The number of anilines is 2. The van der Waals surface area contributed by atoms with Crippen molar-refractivity contribution in [2.45, 2.75) is 13.3 Å². The molecule has 2 aromatic carbocycles. The molecule has 1 aliphatic rings. The number of halogens is 2. The Morgan fingerprint density at radius 1 is 1.27 bits per heavy atom. The quantitative estimate of drug-likeness (QED) is 0.820. The minimum atomic E-state index is -0.469. The van der Waals surface area contributed by atoms with Crippen LogP contribution in [0, 0.1) is 5.92 Å². The van der Waals surface area contributed by atoms with Gasteiger partial charge in [-0.25, -0.2) is 0 Å². The van der Waals surface area contributed by atoms with Crippen molar-refractivity contribution in [2.75, 3.05) is 23.4 Å². The van der Waals surface area contributed by atoms with E-state index in [0.717, 1.165) is 0 Å². The van der Waals surface area contributed by atoms with Crippen LogP contribution in [-0.2, 0) is 9.59 Å². The highest BCUT2D eigenvalue weighted by Gasteiger charge is 2.36. The third-order valence-electron chi connectivity index (χ3n) is 4.14. The van der Waals surface area contributed by atoms with Crippen LogP contribution in [0.3, 0.4) is 0 Å². The van der Waals surface area contributed by atoms with Gasteiger partial charge in [0, 0.05) is 18.0 Å². The second-order valence-electron chi connectivity index (χ2n) is 5.92. The summed E-state index contributed by atoms with van der Waals surface area (Å²) in [6.07, 6.45) is 0.127. The number of benzene rings is 2. The third kappa shape index (κ3) is 3.94. The Labute approximate surface area is 161 Å². The van der Waals surface area contributed by atoms with E-state index in [-0.39, 0.29) is 24.8 Å². The van der Waals surface area contributed by atoms with E-state index >= 15 is 0 Å². The van der Waals surface area contributed by atoms with Gasteiger partial charge in [-0.3, -0.25) is 9.59 Å². The molecule has 136 valence electrons. The van der Waals surface area contributed by atoms with E-state index in [9.17, 15) is 9.59 Å². The summed E-state index contributed by atoms with van der Waals surface area (Å²) in [7, 11) is 0. The summed E-state index contributed by atoms with van der Waals surface area (Å²) in [6, 6.07) is 12.2. The minimum Gasteiger partial charge on any atom is -0.492 e. The highest BCUT2D eigenvalue weighted by molar-refractivity contribution is 6.36. The van der Waals surface area contributed by atoms with Gasteiger partial charge < -0.3 is 15.0 Å². The molecule has 3 rings (SSSR count). The Hall–Kier alpha value is -2.24. The van der Waals surface area contributed by atoms with Crippen molar-refractivity contribution in [2.24, 2.45) is 5.92 Å². The van der Waals surface area contributed by atoms with Gasteiger partial charge in [-0.15, -0.1) is 0 Å². The lowest BCUT2D eigenvalue weighted by atomic mass is 10.1. The molecule has 5 nitrogen and oxygen atoms in total. The van der Waals surface area contributed by atoms with E-state index in [2.05, 4.69) is 5.32 Å². The van der Waals surface area contributed by atoms with Crippen molar-refractivity contribution in [1.29, 1.82) is 0 Å². The van der Waals surface area contributed by atoms with Gasteiger partial charge in [0.2, 0.25) is 11.8 Å².